The molecule has 10 heteroatoms. The Morgan fingerprint density at radius 3 is 2.83 bits per heavy atom. The number of aromatic nitrogens is 5. The van der Waals surface area contributed by atoms with Gasteiger partial charge in [-0.1, -0.05) is 11.8 Å². The summed E-state index contributed by atoms with van der Waals surface area (Å²) < 4.78 is 8.07. The summed E-state index contributed by atoms with van der Waals surface area (Å²) in [6, 6.07) is 3.84. The summed E-state index contributed by atoms with van der Waals surface area (Å²) in [4.78, 5) is 22.4. The van der Waals surface area contributed by atoms with Crippen molar-refractivity contribution in [2.75, 3.05) is 5.32 Å². The Bertz CT molecular complexity index is 1010. The summed E-state index contributed by atoms with van der Waals surface area (Å²) in [7, 11) is 1.91. The van der Waals surface area contributed by atoms with Gasteiger partial charge >= 0.3 is 0 Å². The number of ether oxygens (including phenoxy) is 1. The van der Waals surface area contributed by atoms with Crippen molar-refractivity contribution >= 4 is 34.1 Å². The number of thiazole rings is 1. The minimum Gasteiger partial charge on any atom is -0.490 e. The van der Waals surface area contributed by atoms with Gasteiger partial charge in [-0.3, -0.25) is 9.78 Å². The molecule has 3 aromatic heterocycles. The summed E-state index contributed by atoms with van der Waals surface area (Å²) in [6.45, 7) is 1.96. The SMILES string of the molecule is Cc1cnc(NC(=O)Cc2cc(OC3CCCC3)cc(CSc3nncn3C)n2)s1. The number of nitrogens with zero attached hydrogens (tertiary/aromatic N) is 5. The van der Waals surface area contributed by atoms with Crippen LogP contribution in [-0.4, -0.2) is 36.7 Å². The maximum atomic E-state index is 12.5. The van der Waals surface area contributed by atoms with E-state index in [0.29, 0.717) is 16.6 Å². The highest BCUT2D eigenvalue weighted by molar-refractivity contribution is 7.98. The van der Waals surface area contributed by atoms with E-state index in [0.717, 1.165) is 34.3 Å². The zero-order valence-corrected chi connectivity index (χ0v) is 18.6. The van der Waals surface area contributed by atoms with Crippen LogP contribution in [0.3, 0.4) is 0 Å². The molecule has 0 spiro atoms. The van der Waals surface area contributed by atoms with Crippen LogP contribution < -0.4 is 10.1 Å². The summed E-state index contributed by atoms with van der Waals surface area (Å²) in [6.07, 6.45) is 8.38. The Hall–Kier alpha value is -2.46. The highest BCUT2D eigenvalue weighted by Gasteiger charge is 2.18. The van der Waals surface area contributed by atoms with Crippen molar-refractivity contribution in [3.8, 4) is 5.75 Å². The first-order chi connectivity index (χ1) is 14.5. The molecule has 3 heterocycles. The summed E-state index contributed by atoms with van der Waals surface area (Å²) in [5, 5.41) is 12.3. The molecule has 0 unspecified atom stereocenters. The van der Waals surface area contributed by atoms with Gasteiger partial charge in [0.25, 0.3) is 0 Å². The van der Waals surface area contributed by atoms with Crippen LogP contribution in [0.4, 0.5) is 5.13 Å². The van der Waals surface area contributed by atoms with Crippen LogP contribution in [0.5, 0.6) is 5.75 Å². The van der Waals surface area contributed by atoms with E-state index >= 15 is 0 Å². The Morgan fingerprint density at radius 1 is 1.33 bits per heavy atom. The molecule has 158 valence electrons. The second-order valence-corrected chi connectivity index (χ2v) is 9.50. The Balaban J connectivity index is 1.48. The topological polar surface area (TPSA) is 94.8 Å². The van der Waals surface area contributed by atoms with Gasteiger partial charge in [0, 0.05) is 36.0 Å². The highest BCUT2D eigenvalue weighted by Crippen LogP contribution is 2.27. The van der Waals surface area contributed by atoms with Gasteiger partial charge in [-0.25, -0.2) is 4.98 Å². The highest BCUT2D eigenvalue weighted by atomic mass is 32.2. The van der Waals surface area contributed by atoms with Gasteiger partial charge in [0.05, 0.1) is 23.9 Å². The Kier molecular flexibility index (Phi) is 6.63. The van der Waals surface area contributed by atoms with Crippen molar-refractivity contribution in [3.05, 3.63) is 40.9 Å². The quantitative estimate of drug-likeness (QED) is 0.529. The van der Waals surface area contributed by atoms with E-state index in [2.05, 4.69) is 25.5 Å². The molecular formula is C20H24N6O2S2. The zero-order chi connectivity index (χ0) is 20.9. The van der Waals surface area contributed by atoms with Crippen LogP contribution in [0, 0.1) is 6.92 Å². The van der Waals surface area contributed by atoms with Gasteiger partial charge in [0.15, 0.2) is 10.3 Å². The smallest absolute Gasteiger partial charge is 0.232 e. The fraction of sp³-hybridized carbons (Fsp3) is 0.450. The molecule has 0 atom stereocenters. The third-order valence-electron chi connectivity index (χ3n) is 4.74. The van der Waals surface area contributed by atoms with E-state index in [-0.39, 0.29) is 18.4 Å². The minimum atomic E-state index is -0.137. The number of rotatable bonds is 8. The lowest BCUT2D eigenvalue weighted by Crippen LogP contribution is -2.16. The minimum absolute atomic E-state index is 0.137. The molecule has 0 aromatic carbocycles. The molecule has 0 aliphatic heterocycles. The molecule has 3 aromatic rings. The van der Waals surface area contributed by atoms with Crippen molar-refractivity contribution in [1.82, 2.24) is 24.7 Å². The Morgan fingerprint density at radius 2 is 2.13 bits per heavy atom. The molecule has 1 aliphatic carbocycles. The molecule has 0 radical (unpaired) electrons. The van der Waals surface area contributed by atoms with Gasteiger partial charge in [0.2, 0.25) is 5.91 Å². The molecule has 30 heavy (non-hydrogen) atoms. The second kappa shape index (κ2) is 9.57. The van der Waals surface area contributed by atoms with Crippen molar-refractivity contribution in [1.29, 1.82) is 0 Å². The first kappa shape index (κ1) is 20.8. The van der Waals surface area contributed by atoms with Crippen LogP contribution >= 0.6 is 23.1 Å². The van der Waals surface area contributed by atoms with Crippen LogP contribution in [-0.2, 0) is 24.0 Å². The lowest BCUT2D eigenvalue weighted by Gasteiger charge is -2.15. The molecule has 0 bridgehead atoms. The maximum absolute atomic E-state index is 12.5. The molecule has 1 fully saturated rings. The first-order valence-electron chi connectivity index (χ1n) is 9.91. The van der Waals surface area contributed by atoms with Crippen LogP contribution in [0.2, 0.25) is 0 Å². The average molecular weight is 445 g/mol. The fourth-order valence-corrected chi connectivity index (χ4v) is 4.79. The fourth-order valence-electron chi connectivity index (χ4n) is 3.33. The number of anilines is 1. The molecule has 1 N–H and O–H groups in total. The van der Waals surface area contributed by atoms with Crippen LogP contribution in [0.25, 0.3) is 0 Å². The average Bonchev–Trinajstić information content (AvgIpc) is 3.44. The predicted octanol–water partition coefficient (Wildman–Crippen LogP) is 3.77. The molecule has 1 amide bonds. The molecule has 0 saturated heterocycles. The van der Waals surface area contributed by atoms with Crippen molar-refractivity contribution in [3.63, 3.8) is 0 Å². The molecule has 1 aliphatic rings. The standard InChI is InChI=1S/C20H24N6O2S2/c1-13-10-21-19(30-13)24-18(27)9-14-7-17(28-16-5-3-4-6-16)8-15(23-14)11-29-20-25-22-12-26(20)2/h7-8,10,12,16H,3-6,9,11H2,1-2H3,(H,21,24,27). The zero-order valence-electron chi connectivity index (χ0n) is 17.0. The third kappa shape index (κ3) is 5.57. The summed E-state index contributed by atoms with van der Waals surface area (Å²) >= 11 is 3.01. The number of hydrogen-bond acceptors (Lipinski definition) is 8. The summed E-state index contributed by atoms with van der Waals surface area (Å²) in [5.41, 5.74) is 1.54. The van der Waals surface area contributed by atoms with E-state index in [1.165, 1.54) is 24.2 Å². The lowest BCUT2D eigenvalue weighted by atomic mass is 10.2. The number of carbonyl (C=O) groups excluding carboxylic acids is 1. The third-order valence-corrected chi connectivity index (χ3v) is 6.63. The van der Waals surface area contributed by atoms with E-state index in [9.17, 15) is 4.79 Å². The number of aryl methyl sites for hydroxylation is 2. The largest absolute Gasteiger partial charge is 0.490 e. The maximum Gasteiger partial charge on any atom is 0.232 e. The van der Waals surface area contributed by atoms with Crippen molar-refractivity contribution < 1.29 is 9.53 Å². The van der Waals surface area contributed by atoms with E-state index in [1.807, 2.05) is 30.7 Å². The van der Waals surface area contributed by atoms with E-state index in [4.69, 9.17) is 4.74 Å². The number of thioether (sulfide) groups is 1. The van der Waals surface area contributed by atoms with Gasteiger partial charge in [0.1, 0.15) is 12.1 Å². The van der Waals surface area contributed by atoms with Crippen LogP contribution in [0.1, 0.15) is 41.9 Å². The van der Waals surface area contributed by atoms with Gasteiger partial charge in [-0.15, -0.1) is 21.5 Å². The molecular weight excluding hydrogens is 420 g/mol. The van der Waals surface area contributed by atoms with Crippen molar-refractivity contribution in [2.24, 2.45) is 7.05 Å². The summed E-state index contributed by atoms with van der Waals surface area (Å²) in [5.74, 6) is 1.26. The molecule has 1 saturated carbocycles. The Labute approximate surface area is 183 Å². The van der Waals surface area contributed by atoms with E-state index < -0.39 is 0 Å². The van der Waals surface area contributed by atoms with Gasteiger partial charge in [-0.2, -0.15) is 0 Å². The molecule has 4 rings (SSSR count). The van der Waals surface area contributed by atoms with Gasteiger partial charge < -0.3 is 14.6 Å². The van der Waals surface area contributed by atoms with E-state index in [1.54, 1.807) is 24.3 Å². The van der Waals surface area contributed by atoms with Crippen LogP contribution in [0.15, 0.2) is 29.8 Å². The number of pyridine rings is 1. The van der Waals surface area contributed by atoms with Gasteiger partial charge in [-0.05, 0) is 32.6 Å². The monoisotopic (exact) mass is 444 g/mol. The number of hydrogen-bond donors (Lipinski definition) is 1. The first-order valence-corrected chi connectivity index (χ1v) is 11.7. The lowest BCUT2D eigenvalue weighted by molar-refractivity contribution is -0.115. The normalized spacial score (nSPS) is 14.2. The number of nitrogens with one attached hydrogen (secondary N) is 1. The number of amides is 1. The predicted molar refractivity (Wildman–Crippen MR) is 117 cm³/mol. The van der Waals surface area contributed by atoms with Crippen molar-refractivity contribution in [2.45, 2.75) is 56.0 Å². The number of carbonyl (C=O) groups is 1. The second-order valence-electron chi connectivity index (χ2n) is 7.32. The molecule has 8 nitrogen and oxygen atoms in total.